The second kappa shape index (κ2) is 16.8. The van der Waals surface area contributed by atoms with Gasteiger partial charge in [0.1, 0.15) is 11.2 Å². The van der Waals surface area contributed by atoms with Gasteiger partial charge in [-0.25, -0.2) is 15.0 Å². The summed E-state index contributed by atoms with van der Waals surface area (Å²) >= 11 is 0. The van der Waals surface area contributed by atoms with Crippen LogP contribution in [0, 0.1) is 12.3 Å². The first-order chi connectivity index (χ1) is 34.6. The molecule has 0 bridgehead atoms. The van der Waals surface area contributed by atoms with Crippen molar-refractivity contribution in [2.45, 2.75) is 19.3 Å². The summed E-state index contributed by atoms with van der Waals surface area (Å²) in [6, 6.07) is 68.1. The van der Waals surface area contributed by atoms with E-state index in [0.29, 0.717) is 17.5 Å². The molecule has 0 N–H and O–H groups in total. The average molecular weight is 898 g/mol. The Bertz CT molecular complexity index is 4000. The maximum absolute atomic E-state index is 6.37. The number of furan rings is 1. The molecule has 0 spiro atoms. The fourth-order valence-electron chi connectivity index (χ4n) is 10.7. The Morgan fingerprint density at radius 1 is 0.614 bits per heavy atom. The quantitative estimate of drug-likeness (QED) is 0.112. The summed E-state index contributed by atoms with van der Waals surface area (Å²) in [5.41, 5.74) is 18.1. The van der Waals surface area contributed by atoms with E-state index in [9.17, 15) is 0 Å². The summed E-state index contributed by atoms with van der Waals surface area (Å²) in [6.45, 7) is 2.16. The fraction of sp³-hybridized carbons (Fsp3) is 0.0469. The molecule has 1 aliphatic heterocycles. The Balaban J connectivity index is 1.07. The number of para-hydroxylation sites is 4. The van der Waals surface area contributed by atoms with E-state index in [4.69, 9.17) is 25.8 Å². The number of fused-ring (bicyclic) bond motifs is 9. The van der Waals surface area contributed by atoms with Gasteiger partial charge in [0.25, 0.3) is 0 Å². The smallest absolute Gasteiger partial charge is 0.164 e. The minimum absolute atomic E-state index is 0.142. The molecule has 1 atom stereocenters. The van der Waals surface area contributed by atoms with Crippen molar-refractivity contribution >= 4 is 55.9 Å². The highest BCUT2D eigenvalue weighted by molar-refractivity contribution is 6.06. The molecule has 1 aliphatic carbocycles. The minimum atomic E-state index is 0.142. The molecular weight excluding hydrogens is 855 g/mol. The molecule has 13 rings (SSSR count). The van der Waals surface area contributed by atoms with Crippen molar-refractivity contribution in [3.63, 3.8) is 0 Å². The van der Waals surface area contributed by atoms with Gasteiger partial charge in [-0.1, -0.05) is 158 Å². The number of anilines is 2. The molecule has 8 aromatic carbocycles. The average Bonchev–Trinajstić information content (AvgIpc) is 4.07. The number of allylic oxidation sites excluding steroid dienone is 5. The number of benzene rings is 8. The molecule has 4 heterocycles. The lowest BCUT2D eigenvalue weighted by atomic mass is 9.86. The Kier molecular flexibility index (Phi) is 9.81. The third-order valence-corrected chi connectivity index (χ3v) is 13.8. The first kappa shape index (κ1) is 40.9. The zero-order chi connectivity index (χ0) is 46.7. The van der Waals surface area contributed by atoms with Crippen molar-refractivity contribution in [1.82, 2.24) is 19.5 Å². The van der Waals surface area contributed by atoms with E-state index >= 15 is 0 Å². The molecule has 6 heteroatoms. The summed E-state index contributed by atoms with van der Waals surface area (Å²) in [6.07, 6.45) is 14.8. The molecule has 0 amide bonds. The summed E-state index contributed by atoms with van der Waals surface area (Å²) in [5.74, 6) is 4.52. The normalized spacial score (nSPS) is 14.2. The van der Waals surface area contributed by atoms with Crippen LogP contribution < -0.4 is 4.90 Å². The standard InChI is InChI=1S/C64H43N5O/c1-3-4-8-21-41(2)51-36-45(64-66-62(43-24-11-6-12-25-43)65-63(67-64)44-34-35-50-49-30-17-20-33-59(49)70-60(50)38-44)37-52(42-22-9-5-10-23-42)61(51)69-56-32-19-16-29-48(56)54-39-57-53(40-58(54)69)47-28-15-18-31-55(47)68(57)46-26-13-7-14-27-46/h1,4-39,53H,40H2,2H3/b8-4-,41-21+. The monoisotopic (exact) mass is 897 g/mol. The molecular formula is C64H43N5O. The summed E-state index contributed by atoms with van der Waals surface area (Å²) in [4.78, 5) is 18.2. The number of aromatic nitrogens is 4. The van der Waals surface area contributed by atoms with E-state index < -0.39 is 0 Å². The third-order valence-electron chi connectivity index (χ3n) is 13.8. The number of rotatable bonds is 8. The summed E-state index contributed by atoms with van der Waals surface area (Å²) in [7, 11) is 0. The molecule has 1 unspecified atom stereocenters. The zero-order valence-electron chi connectivity index (χ0n) is 38.3. The number of nitrogens with zero attached hydrogens (tertiary/aromatic N) is 5. The molecule has 11 aromatic rings. The molecule has 0 radical (unpaired) electrons. The predicted molar refractivity (Wildman–Crippen MR) is 287 cm³/mol. The van der Waals surface area contributed by atoms with Crippen LogP contribution in [0.4, 0.5) is 11.4 Å². The Morgan fingerprint density at radius 2 is 1.26 bits per heavy atom. The van der Waals surface area contributed by atoms with Crippen molar-refractivity contribution in [2.24, 2.45) is 0 Å². The van der Waals surface area contributed by atoms with Gasteiger partial charge in [0.2, 0.25) is 0 Å². The molecule has 0 saturated carbocycles. The molecule has 3 aromatic heterocycles. The van der Waals surface area contributed by atoms with Crippen molar-refractivity contribution in [2.75, 3.05) is 4.90 Å². The lowest BCUT2D eigenvalue weighted by molar-refractivity contribution is 0.669. The van der Waals surface area contributed by atoms with Crippen LogP contribution in [0.5, 0.6) is 0 Å². The number of hydrogen-bond donors (Lipinski definition) is 0. The second-order valence-corrected chi connectivity index (χ2v) is 17.9. The van der Waals surface area contributed by atoms with Crippen LogP contribution in [0.2, 0.25) is 0 Å². The van der Waals surface area contributed by atoms with E-state index in [2.05, 4.69) is 174 Å². The first-order valence-electron chi connectivity index (χ1n) is 23.6. The van der Waals surface area contributed by atoms with Crippen molar-refractivity contribution < 1.29 is 4.42 Å². The Labute approximate surface area is 405 Å². The van der Waals surface area contributed by atoms with Crippen LogP contribution in [0.15, 0.2) is 222 Å². The first-order valence-corrected chi connectivity index (χ1v) is 23.6. The Hall–Kier alpha value is -9.31. The van der Waals surface area contributed by atoms with E-state index in [1.54, 1.807) is 6.08 Å². The third kappa shape index (κ3) is 6.78. The van der Waals surface area contributed by atoms with Gasteiger partial charge in [-0.2, -0.15) is 0 Å². The maximum atomic E-state index is 6.37. The van der Waals surface area contributed by atoms with Crippen LogP contribution in [0.3, 0.4) is 0 Å². The van der Waals surface area contributed by atoms with Crippen LogP contribution in [0.1, 0.15) is 35.2 Å². The van der Waals surface area contributed by atoms with Crippen molar-refractivity contribution in [1.29, 1.82) is 0 Å². The molecule has 330 valence electrons. The van der Waals surface area contributed by atoms with Gasteiger partial charge in [0, 0.05) is 84.6 Å². The van der Waals surface area contributed by atoms with Crippen molar-refractivity contribution in [3.05, 3.63) is 240 Å². The lowest BCUT2D eigenvalue weighted by Gasteiger charge is -2.28. The van der Waals surface area contributed by atoms with E-state index in [0.717, 1.165) is 84.2 Å². The van der Waals surface area contributed by atoms with Crippen LogP contribution in [-0.2, 0) is 6.42 Å². The highest BCUT2D eigenvalue weighted by Crippen LogP contribution is 2.54. The molecule has 0 fully saturated rings. The highest BCUT2D eigenvalue weighted by atomic mass is 16.3. The van der Waals surface area contributed by atoms with Gasteiger partial charge in [-0.05, 0) is 90.4 Å². The van der Waals surface area contributed by atoms with E-state index in [-0.39, 0.29) is 5.92 Å². The molecule has 70 heavy (non-hydrogen) atoms. The van der Waals surface area contributed by atoms with Gasteiger partial charge in [-0.15, -0.1) is 6.42 Å². The van der Waals surface area contributed by atoms with Crippen LogP contribution >= 0.6 is 0 Å². The summed E-state index contributed by atoms with van der Waals surface area (Å²) in [5, 5.41) is 3.32. The van der Waals surface area contributed by atoms with Gasteiger partial charge in [0.15, 0.2) is 17.5 Å². The zero-order valence-corrected chi connectivity index (χ0v) is 38.3. The Morgan fingerprint density at radius 3 is 2.04 bits per heavy atom. The second-order valence-electron chi connectivity index (χ2n) is 17.9. The number of hydrogen-bond acceptors (Lipinski definition) is 5. The van der Waals surface area contributed by atoms with E-state index in [1.807, 2.05) is 60.7 Å². The minimum Gasteiger partial charge on any atom is -0.456 e. The SMILES string of the molecule is C#C/C=C\C=C(/C)c1cc(-c2nc(-c3ccccc3)nc(-c3ccc4c(c3)oc3ccccc34)n2)cc(-c2ccccc2)c1-n1c2c(c3ccccc31)C=C1C(C2)c2ccccc2N1c1ccccc1. The summed E-state index contributed by atoms with van der Waals surface area (Å²) < 4.78 is 8.91. The van der Waals surface area contributed by atoms with Gasteiger partial charge in [0.05, 0.1) is 11.2 Å². The van der Waals surface area contributed by atoms with Crippen molar-refractivity contribution in [3.8, 4) is 63.3 Å². The predicted octanol–water partition coefficient (Wildman–Crippen LogP) is 15.8. The topological polar surface area (TPSA) is 60.0 Å². The number of terminal acetylenes is 1. The molecule has 2 aliphatic rings. The van der Waals surface area contributed by atoms with Gasteiger partial charge in [-0.3, -0.25) is 0 Å². The van der Waals surface area contributed by atoms with Gasteiger partial charge >= 0.3 is 0 Å². The fourth-order valence-corrected chi connectivity index (χ4v) is 10.7. The van der Waals surface area contributed by atoms with Crippen LogP contribution in [0.25, 0.3) is 95.5 Å². The van der Waals surface area contributed by atoms with Crippen LogP contribution in [-0.4, -0.2) is 19.5 Å². The lowest BCUT2D eigenvalue weighted by Crippen LogP contribution is -2.19. The van der Waals surface area contributed by atoms with Gasteiger partial charge < -0.3 is 13.9 Å². The largest absolute Gasteiger partial charge is 0.456 e. The molecule has 6 nitrogen and oxygen atoms in total. The highest BCUT2D eigenvalue weighted by Gasteiger charge is 2.39. The maximum Gasteiger partial charge on any atom is 0.164 e. The van der Waals surface area contributed by atoms with E-state index in [1.165, 1.54) is 33.6 Å². The molecule has 0 saturated heterocycles.